The van der Waals surface area contributed by atoms with Gasteiger partial charge >= 0.3 is 7.12 Å². The molecule has 1 aliphatic rings. The lowest BCUT2D eigenvalue weighted by molar-refractivity contribution is 0.00578. The predicted octanol–water partition coefficient (Wildman–Crippen LogP) is 3.72. The predicted molar refractivity (Wildman–Crippen MR) is 111 cm³/mol. The smallest absolute Gasteiger partial charge is 0.486 e. The van der Waals surface area contributed by atoms with Crippen LogP contribution in [0.25, 0.3) is 0 Å². The Morgan fingerprint density at radius 2 is 1.63 bits per heavy atom. The van der Waals surface area contributed by atoms with Gasteiger partial charge < -0.3 is 19.4 Å². The van der Waals surface area contributed by atoms with Gasteiger partial charge in [0.15, 0.2) is 0 Å². The largest absolute Gasteiger partial charge is 0.494 e. The van der Waals surface area contributed by atoms with Crippen LogP contribution < -0.4 is 15.5 Å². The molecule has 27 heavy (non-hydrogen) atoms. The van der Waals surface area contributed by atoms with E-state index in [1.807, 2.05) is 49.5 Å². The molecule has 3 rings (SSSR count). The van der Waals surface area contributed by atoms with Crippen molar-refractivity contribution in [1.82, 2.24) is 5.32 Å². The molecule has 1 saturated heterocycles. The summed E-state index contributed by atoms with van der Waals surface area (Å²) < 4.78 is 18.7. The van der Waals surface area contributed by atoms with E-state index in [2.05, 4.69) is 45.1 Å². The minimum Gasteiger partial charge on any atom is -0.486 e. The zero-order chi connectivity index (χ0) is 19.5. The third kappa shape index (κ3) is 4.54. The van der Waals surface area contributed by atoms with Crippen LogP contribution in [0.1, 0.15) is 45.8 Å². The van der Waals surface area contributed by atoms with Gasteiger partial charge in [-0.2, -0.15) is 0 Å². The topological polar surface area (TPSA) is 39.7 Å². The summed E-state index contributed by atoms with van der Waals surface area (Å²) in [6.45, 7) is 9.15. The highest BCUT2D eigenvalue weighted by atomic mass is 16.7. The fourth-order valence-corrected chi connectivity index (χ4v) is 3.11. The van der Waals surface area contributed by atoms with E-state index in [0.29, 0.717) is 0 Å². The monoisotopic (exact) mass is 367 g/mol. The third-order valence-corrected chi connectivity index (χ3v) is 5.49. The molecule has 1 N–H and O–H groups in total. The van der Waals surface area contributed by atoms with Crippen molar-refractivity contribution in [3.63, 3.8) is 0 Å². The zero-order valence-electron chi connectivity index (χ0n) is 17.0. The maximum absolute atomic E-state index is 6.36. The van der Waals surface area contributed by atoms with Gasteiger partial charge in [0.2, 0.25) is 0 Å². The van der Waals surface area contributed by atoms with Crippen LogP contribution in [0.5, 0.6) is 5.75 Å². The zero-order valence-corrected chi connectivity index (χ0v) is 17.0. The summed E-state index contributed by atoms with van der Waals surface area (Å²) in [5, 5.41) is 3.21. The first kappa shape index (κ1) is 19.9. The Hall–Kier alpha value is -1.82. The molecule has 0 bridgehead atoms. The van der Waals surface area contributed by atoms with E-state index in [9.17, 15) is 0 Å². The van der Waals surface area contributed by atoms with E-state index < -0.39 is 0 Å². The summed E-state index contributed by atoms with van der Waals surface area (Å²) in [7, 11) is 1.58. The van der Waals surface area contributed by atoms with Crippen LogP contribution in [-0.4, -0.2) is 31.9 Å². The van der Waals surface area contributed by atoms with Gasteiger partial charge in [0.05, 0.1) is 11.2 Å². The molecule has 0 aliphatic carbocycles. The first-order valence-electron chi connectivity index (χ1n) is 9.64. The third-order valence-electron chi connectivity index (χ3n) is 5.49. The van der Waals surface area contributed by atoms with Gasteiger partial charge in [0, 0.05) is 6.42 Å². The van der Waals surface area contributed by atoms with Gasteiger partial charge in [0.1, 0.15) is 11.9 Å². The Labute approximate surface area is 163 Å². The summed E-state index contributed by atoms with van der Waals surface area (Å²) in [6.07, 6.45) is 0.883. The Balaban J connectivity index is 1.78. The fourth-order valence-electron chi connectivity index (χ4n) is 3.11. The SMILES string of the molecule is CNCC[C@H](Oc1cccc(B2OC(C)(C)C(C)(C)O2)c1)c1ccccc1. The van der Waals surface area contributed by atoms with Gasteiger partial charge in [-0.05, 0) is 64.4 Å². The highest BCUT2D eigenvalue weighted by Gasteiger charge is 2.51. The molecule has 0 radical (unpaired) electrons. The summed E-state index contributed by atoms with van der Waals surface area (Å²) in [6, 6.07) is 18.4. The lowest BCUT2D eigenvalue weighted by atomic mass is 9.79. The Bertz CT molecular complexity index is 732. The summed E-state index contributed by atoms with van der Waals surface area (Å²) >= 11 is 0. The average molecular weight is 367 g/mol. The van der Waals surface area contributed by atoms with Crippen LogP contribution in [0.4, 0.5) is 0 Å². The minimum atomic E-state index is -0.383. The molecular weight excluding hydrogens is 337 g/mol. The second-order valence-corrected chi connectivity index (χ2v) is 8.07. The molecular formula is C22H30BNO3. The average Bonchev–Trinajstić information content (AvgIpc) is 2.87. The Morgan fingerprint density at radius 3 is 2.26 bits per heavy atom. The van der Waals surface area contributed by atoms with Crippen LogP contribution >= 0.6 is 0 Å². The normalized spacial score (nSPS) is 19.1. The van der Waals surface area contributed by atoms with E-state index >= 15 is 0 Å². The molecule has 1 aliphatic heterocycles. The molecule has 144 valence electrons. The van der Waals surface area contributed by atoms with Crippen molar-refractivity contribution in [2.45, 2.75) is 51.4 Å². The standard InChI is InChI=1S/C22H30BNO3/c1-21(2)22(3,4)27-23(26-21)18-12-9-13-19(16-18)25-20(14-15-24-5)17-10-7-6-8-11-17/h6-13,16,20,24H,14-15H2,1-5H3/t20-/m0/s1. The maximum atomic E-state index is 6.36. The highest BCUT2D eigenvalue weighted by Crippen LogP contribution is 2.36. The van der Waals surface area contributed by atoms with E-state index in [-0.39, 0.29) is 24.4 Å². The number of benzene rings is 2. The Kier molecular flexibility index (Phi) is 5.94. The first-order chi connectivity index (χ1) is 12.8. The quantitative estimate of drug-likeness (QED) is 0.758. The second kappa shape index (κ2) is 8.05. The van der Waals surface area contributed by atoms with E-state index in [1.54, 1.807) is 0 Å². The molecule has 0 spiro atoms. The summed E-state index contributed by atoms with van der Waals surface area (Å²) in [5.74, 6) is 0.826. The number of hydrogen-bond acceptors (Lipinski definition) is 4. The van der Waals surface area contributed by atoms with Crippen molar-refractivity contribution in [1.29, 1.82) is 0 Å². The number of ether oxygens (including phenoxy) is 1. The van der Waals surface area contributed by atoms with Gasteiger partial charge in [-0.15, -0.1) is 0 Å². The van der Waals surface area contributed by atoms with Crippen molar-refractivity contribution in [2.75, 3.05) is 13.6 Å². The molecule has 5 heteroatoms. The van der Waals surface area contributed by atoms with E-state index in [4.69, 9.17) is 14.0 Å². The number of hydrogen-bond donors (Lipinski definition) is 1. The molecule has 2 aromatic rings. The van der Waals surface area contributed by atoms with Crippen molar-refractivity contribution in [3.05, 3.63) is 60.2 Å². The van der Waals surface area contributed by atoms with Crippen LogP contribution in [0.3, 0.4) is 0 Å². The lowest BCUT2D eigenvalue weighted by Gasteiger charge is -2.32. The molecule has 1 heterocycles. The molecule has 1 fully saturated rings. The van der Waals surface area contributed by atoms with E-state index in [0.717, 1.165) is 24.2 Å². The summed E-state index contributed by atoms with van der Waals surface area (Å²) in [4.78, 5) is 0. The molecule has 0 amide bonds. The fraction of sp³-hybridized carbons (Fsp3) is 0.455. The first-order valence-corrected chi connectivity index (χ1v) is 9.64. The number of rotatable bonds is 7. The maximum Gasteiger partial charge on any atom is 0.494 e. The van der Waals surface area contributed by atoms with Crippen LogP contribution in [-0.2, 0) is 9.31 Å². The Morgan fingerprint density at radius 1 is 0.963 bits per heavy atom. The van der Waals surface area contributed by atoms with Gasteiger partial charge in [-0.3, -0.25) is 0 Å². The molecule has 4 nitrogen and oxygen atoms in total. The molecule has 0 aromatic heterocycles. The van der Waals surface area contributed by atoms with Crippen molar-refractivity contribution in [2.24, 2.45) is 0 Å². The van der Waals surface area contributed by atoms with E-state index in [1.165, 1.54) is 5.56 Å². The summed E-state index contributed by atoms with van der Waals surface area (Å²) in [5.41, 5.74) is 1.45. The number of nitrogens with one attached hydrogen (secondary N) is 1. The molecule has 0 unspecified atom stereocenters. The van der Waals surface area contributed by atoms with Crippen LogP contribution in [0.15, 0.2) is 54.6 Å². The lowest BCUT2D eigenvalue weighted by Crippen LogP contribution is -2.41. The van der Waals surface area contributed by atoms with Gasteiger partial charge in [-0.1, -0.05) is 42.5 Å². The van der Waals surface area contributed by atoms with Crippen LogP contribution in [0.2, 0.25) is 0 Å². The minimum absolute atomic E-state index is 0.00723. The van der Waals surface area contributed by atoms with Crippen molar-refractivity contribution >= 4 is 12.6 Å². The highest BCUT2D eigenvalue weighted by molar-refractivity contribution is 6.62. The molecule has 2 aromatic carbocycles. The second-order valence-electron chi connectivity index (χ2n) is 8.07. The van der Waals surface area contributed by atoms with Crippen molar-refractivity contribution in [3.8, 4) is 5.75 Å². The van der Waals surface area contributed by atoms with Crippen LogP contribution in [0, 0.1) is 0 Å². The van der Waals surface area contributed by atoms with Crippen molar-refractivity contribution < 1.29 is 14.0 Å². The van der Waals surface area contributed by atoms with Gasteiger partial charge in [-0.25, -0.2) is 0 Å². The molecule has 0 saturated carbocycles. The molecule has 1 atom stereocenters. The van der Waals surface area contributed by atoms with Gasteiger partial charge in [0.25, 0.3) is 0 Å².